The van der Waals surface area contributed by atoms with Gasteiger partial charge in [-0.3, -0.25) is 0 Å². The van der Waals surface area contributed by atoms with Gasteiger partial charge in [0, 0.05) is 12.2 Å². The van der Waals surface area contributed by atoms with Gasteiger partial charge in [-0.05, 0) is 68.2 Å². The lowest BCUT2D eigenvalue weighted by Crippen LogP contribution is -2.36. The quantitative estimate of drug-likeness (QED) is 0.782. The molecule has 23 heavy (non-hydrogen) atoms. The molecule has 1 aliphatic carbocycles. The maximum atomic E-state index is 11.8. The van der Waals surface area contributed by atoms with Crippen LogP contribution in [-0.2, 0) is 10.0 Å². The Balaban J connectivity index is 1.91. The van der Waals surface area contributed by atoms with E-state index in [1.807, 2.05) is 12.1 Å². The smallest absolute Gasteiger partial charge is 0.213 e. The van der Waals surface area contributed by atoms with Gasteiger partial charge in [-0.25, -0.2) is 13.1 Å². The van der Waals surface area contributed by atoms with Crippen LogP contribution in [0.5, 0.6) is 0 Å². The number of nitrogens with two attached hydrogens (primary N) is 1. The number of anilines is 1. The first-order chi connectivity index (χ1) is 10.8. The molecule has 1 aromatic carbocycles. The van der Waals surface area contributed by atoms with Crippen LogP contribution in [0.15, 0.2) is 30.3 Å². The van der Waals surface area contributed by atoms with Crippen LogP contribution in [0.4, 0.5) is 5.69 Å². The van der Waals surface area contributed by atoms with Crippen molar-refractivity contribution in [2.24, 2.45) is 11.8 Å². The van der Waals surface area contributed by atoms with Gasteiger partial charge in [0.05, 0.1) is 5.25 Å². The number of hydrogen-bond donors (Lipinski definition) is 2. The molecular weight excluding hydrogens is 308 g/mol. The second kappa shape index (κ2) is 7.49. The molecule has 4 nitrogen and oxygen atoms in total. The van der Waals surface area contributed by atoms with Gasteiger partial charge in [0.1, 0.15) is 0 Å². The standard InChI is InChI=1S/C18H28N2O2S/c1-13(2)23(21,22)20-12-14(3)15-4-6-16(7-5-15)17-8-10-18(19)11-9-17/h6,8-11,13-15,20H,4-5,7,12,19H2,1-3H3. The van der Waals surface area contributed by atoms with Gasteiger partial charge < -0.3 is 5.73 Å². The van der Waals surface area contributed by atoms with Crippen molar-refractivity contribution >= 4 is 21.3 Å². The summed E-state index contributed by atoms with van der Waals surface area (Å²) in [6.07, 6.45) is 5.44. The van der Waals surface area contributed by atoms with Crippen LogP contribution in [-0.4, -0.2) is 20.2 Å². The van der Waals surface area contributed by atoms with Gasteiger partial charge >= 0.3 is 0 Å². The van der Waals surface area contributed by atoms with E-state index in [1.165, 1.54) is 11.1 Å². The summed E-state index contributed by atoms with van der Waals surface area (Å²) in [5.41, 5.74) is 9.13. The fraction of sp³-hybridized carbons (Fsp3) is 0.556. The molecule has 128 valence electrons. The summed E-state index contributed by atoms with van der Waals surface area (Å²) in [6, 6.07) is 8.01. The zero-order valence-corrected chi connectivity index (χ0v) is 15.1. The molecule has 1 aromatic rings. The number of benzene rings is 1. The normalized spacial score (nSPS) is 20.3. The summed E-state index contributed by atoms with van der Waals surface area (Å²) in [7, 11) is -3.17. The average molecular weight is 337 g/mol. The maximum Gasteiger partial charge on any atom is 0.213 e. The molecule has 0 bridgehead atoms. The topological polar surface area (TPSA) is 72.2 Å². The molecule has 1 aliphatic rings. The van der Waals surface area contributed by atoms with E-state index in [-0.39, 0.29) is 5.25 Å². The molecule has 5 heteroatoms. The fourth-order valence-electron chi connectivity index (χ4n) is 2.91. The van der Waals surface area contributed by atoms with Crippen LogP contribution in [0, 0.1) is 11.8 Å². The SMILES string of the molecule is CC(CNS(=O)(=O)C(C)C)C1CC=C(c2ccc(N)cc2)CC1. The molecule has 2 unspecified atom stereocenters. The molecule has 0 spiro atoms. The Morgan fingerprint density at radius 3 is 2.39 bits per heavy atom. The average Bonchev–Trinajstić information content (AvgIpc) is 2.53. The van der Waals surface area contributed by atoms with Crippen LogP contribution in [0.25, 0.3) is 5.57 Å². The van der Waals surface area contributed by atoms with Crippen molar-refractivity contribution in [3.8, 4) is 0 Å². The van der Waals surface area contributed by atoms with E-state index in [1.54, 1.807) is 13.8 Å². The van der Waals surface area contributed by atoms with E-state index < -0.39 is 10.0 Å². The molecule has 0 heterocycles. The molecule has 0 fully saturated rings. The second-order valence-corrected chi connectivity index (χ2v) is 9.13. The molecule has 3 N–H and O–H groups in total. The molecular formula is C18H28N2O2S. The molecule has 0 radical (unpaired) electrons. The van der Waals surface area contributed by atoms with Gasteiger partial charge in [-0.1, -0.05) is 25.1 Å². The van der Waals surface area contributed by atoms with E-state index >= 15 is 0 Å². The first-order valence-electron chi connectivity index (χ1n) is 8.33. The lowest BCUT2D eigenvalue weighted by Gasteiger charge is -2.28. The van der Waals surface area contributed by atoms with Crippen LogP contribution in [0.2, 0.25) is 0 Å². The molecule has 0 saturated heterocycles. The minimum atomic E-state index is -3.17. The third-order valence-electron chi connectivity index (χ3n) is 4.76. The van der Waals surface area contributed by atoms with Crippen molar-refractivity contribution in [3.05, 3.63) is 35.9 Å². The van der Waals surface area contributed by atoms with Gasteiger partial charge in [0.2, 0.25) is 10.0 Å². The van der Waals surface area contributed by atoms with Crippen molar-refractivity contribution in [1.29, 1.82) is 0 Å². The van der Waals surface area contributed by atoms with Gasteiger partial charge in [-0.2, -0.15) is 0 Å². The van der Waals surface area contributed by atoms with Gasteiger partial charge in [0.25, 0.3) is 0 Å². The molecule has 2 atom stereocenters. The number of rotatable bonds is 6. The molecule has 0 aliphatic heterocycles. The largest absolute Gasteiger partial charge is 0.399 e. The maximum absolute atomic E-state index is 11.8. The number of nitrogens with one attached hydrogen (secondary N) is 1. The fourth-order valence-corrected chi connectivity index (χ4v) is 3.74. The Bertz CT molecular complexity index is 648. The van der Waals surface area contributed by atoms with Crippen molar-refractivity contribution in [1.82, 2.24) is 4.72 Å². The summed E-state index contributed by atoms with van der Waals surface area (Å²) in [4.78, 5) is 0. The monoisotopic (exact) mass is 336 g/mol. The number of hydrogen-bond acceptors (Lipinski definition) is 3. The Morgan fingerprint density at radius 1 is 1.22 bits per heavy atom. The lowest BCUT2D eigenvalue weighted by atomic mass is 9.80. The Kier molecular flexibility index (Phi) is 5.87. The highest BCUT2D eigenvalue weighted by Gasteiger charge is 2.23. The Hall–Kier alpha value is -1.33. The van der Waals surface area contributed by atoms with Gasteiger partial charge in [-0.15, -0.1) is 0 Å². The number of allylic oxidation sites excluding steroid dienone is 2. The number of nitrogen functional groups attached to an aromatic ring is 1. The first kappa shape index (κ1) is 18.0. The predicted octanol–water partition coefficient (Wildman–Crippen LogP) is 3.42. The minimum Gasteiger partial charge on any atom is -0.399 e. The minimum absolute atomic E-state index is 0.341. The summed E-state index contributed by atoms with van der Waals surface area (Å²) in [5.74, 6) is 0.870. The summed E-state index contributed by atoms with van der Waals surface area (Å²) >= 11 is 0. The van der Waals surface area contributed by atoms with Crippen LogP contribution in [0.3, 0.4) is 0 Å². The van der Waals surface area contributed by atoms with Crippen LogP contribution in [0.1, 0.15) is 45.6 Å². The van der Waals surface area contributed by atoms with Crippen molar-refractivity contribution in [3.63, 3.8) is 0 Å². The zero-order valence-electron chi connectivity index (χ0n) is 14.2. The highest BCUT2D eigenvalue weighted by molar-refractivity contribution is 7.90. The summed E-state index contributed by atoms with van der Waals surface area (Å²) < 4.78 is 26.4. The van der Waals surface area contributed by atoms with E-state index in [2.05, 4.69) is 29.9 Å². The highest BCUT2D eigenvalue weighted by Crippen LogP contribution is 2.34. The van der Waals surface area contributed by atoms with Crippen molar-refractivity contribution in [2.75, 3.05) is 12.3 Å². The van der Waals surface area contributed by atoms with Crippen LogP contribution < -0.4 is 10.5 Å². The lowest BCUT2D eigenvalue weighted by molar-refractivity contribution is 0.334. The summed E-state index contributed by atoms with van der Waals surface area (Å²) in [6.45, 7) is 6.07. The van der Waals surface area contributed by atoms with E-state index in [0.29, 0.717) is 18.4 Å². The zero-order chi connectivity index (χ0) is 17.0. The molecule has 0 amide bonds. The molecule has 0 saturated carbocycles. The number of sulfonamides is 1. The highest BCUT2D eigenvalue weighted by atomic mass is 32.2. The Labute approximate surface area is 140 Å². The molecule has 2 rings (SSSR count). The van der Waals surface area contributed by atoms with E-state index in [9.17, 15) is 8.42 Å². The van der Waals surface area contributed by atoms with Gasteiger partial charge in [0.15, 0.2) is 0 Å². The van der Waals surface area contributed by atoms with E-state index in [0.717, 1.165) is 24.9 Å². The third kappa shape index (κ3) is 4.82. The molecule has 0 aromatic heterocycles. The second-order valence-electron chi connectivity index (χ2n) is 6.81. The Morgan fingerprint density at radius 2 is 1.87 bits per heavy atom. The predicted molar refractivity (Wildman–Crippen MR) is 97.4 cm³/mol. The van der Waals surface area contributed by atoms with E-state index in [4.69, 9.17) is 5.73 Å². The first-order valence-corrected chi connectivity index (χ1v) is 9.87. The summed E-state index contributed by atoms with van der Waals surface area (Å²) in [5, 5.41) is -0.377. The third-order valence-corrected chi connectivity index (χ3v) is 6.58. The van der Waals surface area contributed by atoms with Crippen molar-refractivity contribution in [2.45, 2.75) is 45.3 Å². The van der Waals surface area contributed by atoms with Crippen molar-refractivity contribution < 1.29 is 8.42 Å². The van der Waals surface area contributed by atoms with Crippen LogP contribution >= 0.6 is 0 Å².